The van der Waals surface area contributed by atoms with E-state index >= 15 is 0 Å². The average molecular weight is 466 g/mol. The second-order valence-electron chi connectivity index (χ2n) is 8.39. The van der Waals surface area contributed by atoms with Gasteiger partial charge in [0.15, 0.2) is 0 Å². The number of ether oxygens (including phenoxy) is 1. The minimum absolute atomic E-state index is 0.489. The lowest BCUT2D eigenvalue weighted by atomic mass is 10.2. The van der Waals surface area contributed by atoms with Crippen molar-refractivity contribution < 1.29 is 19.2 Å². The molecule has 1 aromatic heterocycles. The highest BCUT2D eigenvalue weighted by atomic mass is 32.2. The first kappa shape index (κ1) is 23.1. The van der Waals surface area contributed by atoms with E-state index in [1.54, 1.807) is 13.8 Å². The number of aromatic nitrogens is 2. The topological polar surface area (TPSA) is 88.7 Å². The molecule has 2 heterocycles. The van der Waals surface area contributed by atoms with E-state index < -0.39 is 10.7 Å². The van der Waals surface area contributed by atoms with Gasteiger partial charge in [0.2, 0.25) is 11.7 Å². The predicted octanol–water partition coefficient (Wildman–Crippen LogP) is 5.00. The van der Waals surface area contributed by atoms with Gasteiger partial charge in [-0.1, -0.05) is 47.6 Å². The van der Waals surface area contributed by atoms with Crippen LogP contribution in [0.25, 0.3) is 11.4 Å². The lowest BCUT2D eigenvalue weighted by Gasteiger charge is -2.22. The number of rotatable bonds is 10. The summed E-state index contributed by atoms with van der Waals surface area (Å²) in [5.41, 5.74) is 2.02. The molecule has 3 aromatic rings. The quantitative estimate of drug-likeness (QED) is 0.419. The van der Waals surface area contributed by atoms with Crippen molar-refractivity contribution in [3.8, 4) is 11.4 Å². The van der Waals surface area contributed by atoms with Crippen LogP contribution in [0.4, 0.5) is 0 Å². The molecule has 0 saturated carbocycles. The molecule has 2 aromatic carbocycles. The Morgan fingerprint density at radius 3 is 2.52 bits per heavy atom. The number of hydrogen-bond acceptors (Lipinski definition) is 7. The summed E-state index contributed by atoms with van der Waals surface area (Å²) in [6.07, 6.45) is 3.04. The maximum Gasteiger partial charge on any atom is 0.319 e. The van der Waals surface area contributed by atoms with E-state index in [2.05, 4.69) is 21.1 Å². The molecule has 4 rings (SSSR count). The van der Waals surface area contributed by atoms with Gasteiger partial charge in [0.05, 0.1) is 19.7 Å². The second kappa shape index (κ2) is 10.2. The molecule has 0 bridgehead atoms. The summed E-state index contributed by atoms with van der Waals surface area (Å²) >= 11 is 1.34. The van der Waals surface area contributed by atoms with Crippen molar-refractivity contribution in [3.63, 3.8) is 0 Å². The number of carboxylic acid groups (broad SMARTS) is 1. The molecule has 172 valence electrons. The molecular weight excluding hydrogens is 438 g/mol. The Balaban J connectivity index is 1.46. The van der Waals surface area contributed by atoms with Crippen LogP contribution in [0.2, 0.25) is 0 Å². The summed E-state index contributed by atoms with van der Waals surface area (Å²) in [6, 6.07) is 17.7. The molecule has 1 aliphatic rings. The van der Waals surface area contributed by atoms with Crippen LogP contribution in [0.1, 0.15) is 31.7 Å². The molecular formula is C25H27N3O4S. The number of thioether (sulfide) groups is 1. The molecule has 1 N–H and O–H groups in total. The van der Waals surface area contributed by atoms with Crippen LogP contribution in [0.15, 0.2) is 75.9 Å². The van der Waals surface area contributed by atoms with E-state index in [-0.39, 0.29) is 0 Å². The first-order valence-electron chi connectivity index (χ1n) is 10.8. The monoisotopic (exact) mass is 465 g/mol. The fourth-order valence-electron chi connectivity index (χ4n) is 3.44. The standard InChI is InChI=1S/C25H27N3O4S/c1-25(2,24(29)30)33-21-12-10-18(11-13-21)15-28(16-20-9-6-14-31-20)17-22-26-23(27-32-22)19-7-4-3-5-8-19/h3-5,7-13H,6,14-17H2,1-2H3,(H,29,30). The molecule has 1 aliphatic heterocycles. The van der Waals surface area contributed by atoms with Crippen molar-refractivity contribution in [2.75, 3.05) is 13.2 Å². The smallest absolute Gasteiger partial charge is 0.319 e. The normalized spacial score (nSPS) is 13.7. The summed E-state index contributed by atoms with van der Waals surface area (Å²) in [6.45, 7) is 5.93. The highest BCUT2D eigenvalue weighted by Gasteiger charge is 2.28. The minimum Gasteiger partial charge on any atom is -0.497 e. The zero-order valence-electron chi connectivity index (χ0n) is 18.7. The van der Waals surface area contributed by atoms with E-state index in [1.165, 1.54) is 11.8 Å². The first-order valence-corrected chi connectivity index (χ1v) is 11.6. The molecule has 0 spiro atoms. The third-order valence-electron chi connectivity index (χ3n) is 5.23. The zero-order valence-corrected chi connectivity index (χ0v) is 19.5. The SMILES string of the molecule is CC(C)(Sc1ccc(CN(CC2=CCCO2)Cc2nc(-c3ccccc3)no2)cc1)C(=O)O. The number of carboxylic acids is 1. The molecule has 0 aliphatic carbocycles. The van der Waals surface area contributed by atoms with Gasteiger partial charge in [-0.05, 0) is 37.6 Å². The van der Waals surface area contributed by atoms with Crippen LogP contribution in [0.5, 0.6) is 0 Å². The van der Waals surface area contributed by atoms with E-state index in [1.807, 2.05) is 54.6 Å². The maximum absolute atomic E-state index is 11.4. The lowest BCUT2D eigenvalue weighted by molar-refractivity contribution is -0.138. The van der Waals surface area contributed by atoms with E-state index in [0.29, 0.717) is 38.0 Å². The molecule has 0 amide bonds. The molecule has 0 saturated heterocycles. The average Bonchev–Trinajstić information content (AvgIpc) is 3.48. The van der Waals surface area contributed by atoms with Gasteiger partial charge in [-0.2, -0.15) is 4.98 Å². The summed E-state index contributed by atoms with van der Waals surface area (Å²) < 4.78 is 10.4. The lowest BCUT2D eigenvalue weighted by Crippen LogP contribution is -2.27. The minimum atomic E-state index is -0.881. The molecule has 0 atom stereocenters. The van der Waals surface area contributed by atoms with Gasteiger partial charge in [0.25, 0.3) is 0 Å². The van der Waals surface area contributed by atoms with Crippen molar-refractivity contribution in [1.82, 2.24) is 15.0 Å². The van der Waals surface area contributed by atoms with E-state index in [4.69, 9.17) is 9.26 Å². The number of benzene rings is 2. The third kappa shape index (κ3) is 6.24. The molecule has 7 nitrogen and oxygen atoms in total. The number of carbonyl (C=O) groups is 1. The van der Waals surface area contributed by atoms with Gasteiger partial charge in [0, 0.05) is 23.4 Å². The summed E-state index contributed by atoms with van der Waals surface area (Å²) in [5, 5.41) is 13.5. The highest BCUT2D eigenvalue weighted by molar-refractivity contribution is 8.01. The molecule has 33 heavy (non-hydrogen) atoms. The van der Waals surface area contributed by atoms with E-state index in [0.717, 1.165) is 28.2 Å². The Bertz CT molecular complexity index is 1110. The van der Waals surface area contributed by atoms with Crippen molar-refractivity contribution in [2.45, 2.75) is 43.0 Å². The molecule has 8 heteroatoms. The van der Waals surface area contributed by atoms with Gasteiger partial charge in [0.1, 0.15) is 10.5 Å². The van der Waals surface area contributed by atoms with Crippen LogP contribution in [0, 0.1) is 0 Å². The summed E-state index contributed by atoms with van der Waals surface area (Å²) in [7, 11) is 0. The molecule has 0 unspecified atom stereocenters. The Morgan fingerprint density at radius 1 is 1.09 bits per heavy atom. The Hall–Kier alpha value is -3.10. The fourth-order valence-corrected chi connectivity index (χ4v) is 4.39. The Labute approximate surface area is 197 Å². The van der Waals surface area contributed by atoms with Gasteiger partial charge < -0.3 is 14.4 Å². The summed E-state index contributed by atoms with van der Waals surface area (Å²) in [4.78, 5) is 19.1. The largest absolute Gasteiger partial charge is 0.497 e. The van der Waals surface area contributed by atoms with E-state index in [9.17, 15) is 9.90 Å². The first-order chi connectivity index (χ1) is 15.9. The second-order valence-corrected chi connectivity index (χ2v) is 10.1. The van der Waals surface area contributed by atoms with Gasteiger partial charge in [-0.15, -0.1) is 11.8 Å². The Kier molecular flexibility index (Phi) is 7.15. The van der Waals surface area contributed by atoms with Gasteiger partial charge >= 0.3 is 5.97 Å². The van der Waals surface area contributed by atoms with Crippen LogP contribution in [0.3, 0.4) is 0 Å². The van der Waals surface area contributed by atoms with Crippen molar-refractivity contribution in [1.29, 1.82) is 0 Å². The molecule has 0 fully saturated rings. The zero-order chi connectivity index (χ0) is 23.3. The van der Waals surface area contributed by atoms with Crippen LogP contribution in [-0.4, -0.2) is 44.0 Å². The van der Waals surface area contributed by atoms with Gasteiger partial charge in [-0.3, -0.25) is 9.69 Å². The van der Waals surface area contributed by atoms with Crippen LogP contribution in [-0.2, 0) is 22.6 Å². The van der Waals surface area contributed by atoms with Crippen LogP contribution < -0.4 is 0 Å². The maximum atomic E-state index is 11.4. The fraction of sp³-hybridized carbons (Fsp3) is 0.320. The summed E-state index contributed by atoms with van der Waals surface area (Å²) in [5.74, 6) is 1.24. The van der Waals surface area contributed by atoms with Gasteiger partial charge in [-0.25, -0.2) is 0 Å². The Morgan fingerprint density at radius 2 is 1.85 bits per heavy atom. The third-order valence-corrected chi connectivity index (χ3v) is 6.43. The van der Waals surface area contributed by atoms with Crippen molar-refractivity contribution >= 4 is 17.7 Å². The number of aliphatic carboxylic acids is 1. The number of hydrogen-bond donors (Lipinski definition) is 1. The molecule has 0 radical (unpaired) electrons. The predicted molar refractivity (Wildman–Crippen MR) is 127 cm³/mol. The van der Waals surface area contributed by atoms with Crippen LogP contribution >= 0.6 is 11.8 Å². The van der Waals surface area contributed by atoms with Crippen molar-refractivity contribution in [3.05, 3.63) is 77.9 Å². The highest BCUT2D eigenvalue weighted by Crippen LogP contribution is 2.33. The number of nitrogens with zero attached hydrogens (tertiary/aromatic N) is 3. The van der Waals surface area contributed by atoms with Crippen molar-refractivity contribution in [2.24, 2.45) is 0 Å².